The van der Waals surface area contributed by atoms with Gasteiger partial charge in [0, 0.05) is 6.04 Å². The van der Waals surface area contributed by atoms with Crippen molar-refractivity contribution in [1.82, 2.24) is 5.32 Å². The first-order valence-electron chi connectivity index (χ1n) is 5.79. The van der Waals surface area contributed by atoms with Gasteiger partial charge in [-0.1, -0.05) is 31.2 Å². The highest BCUT2D eigenvalue weighted by Crippen LogP contribution is 2.26. The van der Waals surface area contributed by atoms with E-state index >= 15 is 0 Å². The molecule has 2 rings (SSSR count). The lowest BCUT2D eigenvalue weighted by Gasteiger charge is -2.17. The van der Waals surface area contributed by atoms with Gasteiger partial charge in [-0.05, 0) is 30.4 Å². The third kappa shape index (κ3) is 2.42. The molecule has 0 radical (unpaired) electrons. The van der Waals surface area contributed by atoms with Crippen LogP contribution in [-0.4, -0.2) is 17.1 Å². The van der Waals surface area contributed by atoms with E-state index in [9.17, 15) is 9.90 Å². The Morgan fingerprint density at radius 3 is 2.75 bits per heavy atom. The number of aliphatic carboxylic acids is 1. The van der Waals surface area contributed by atoms with Crippen molar-refractivity contribution in [3.8, 4) is 0 Å². The number of carbonyl (C=O) groups is 1. The van der Waals surface area contributed by atoms with Crippen LogP contribution in [0, 0.1) is 0 Å². The molecule has 3 heteroatoms. The Morgan fingerprint density at radius 2 is 2.19 bits per heavy atom. The normalized spacial score (nSPS) is 17.1. The van der Waals surface area contributed by atoms with E-state index in [1.54, 1.807) is 0 Å². The first-order chi connectivity index (χ1) is 7.72. The molecule has 86 valence electrons. The standard InChI is InChI=1S/C13H17NO2/c1-2-9-5-3-4-6-11(9)12(13(15)16)14-10-7-8-10/h3-6,10,12,14H,2,7-8H2,1H3,(H,15,16). The highest BCUT2D eigenvalue weighted by Gasteiger charge is 2.30. The minimum atomic E-state index is -0.784. The second-order valence-corrected chi connectivity index (χ2v) is 4.26. The van der Waals surface area contributed by atoms with Crippen molar-refractivity contribution in [3.05, 3.63) is 35.4 Å². The smallest absolute Gasteiger partial charge is 0.325 e. The molecule has 16 heavy (non-hydrogen) atoms. The summed E-state index contributed by atoms with van der Waals surface area (Å²) >= 11 is 0. The van der Waals surface area contributed by atoms with Crippen LogP contribution in [0.5, 0.6) is 0 Å². The predicted octanol–water partition coefficient (Wildman–Crippen LogP) is 2.13. The Kier molecular flexibility index (Phi) is 3.25. The zero-order valence-electron chi connectivity index (χ0n) is 9.44. The van der Waals surface area contributed by atoms with E-state index in [1.165, 1.54) is 0 Å². The number of carboxylic acids is 1. The van der Waals surface area contributed by atoms with E-state index < -0.39 is 12.0 Å². The molecule has 0 bridgehead atoms. The summed E-state index contributed by atoms with van der Waals surface area (Å²) in [4.78, 5) is 11.3. The molecule has 1 aliphatic rings. The van der Waals surface area contributed by atoms with Crippen LogP contribution in [0.4, 0.5) is 0 Å². The summed E-state index contributed by atoms with van der Waals surface area (Å²) in [5.74, 6) is -0.784. The Morgan fingerprint density at radius 1 is 1.50 bits per heavy atom. The van der Waals surface area contributed by atoms with Gasteiger partial charge in [-0.2, -0.15) is 0 Å². The van der Waals surface area contributed by atoms with Crippen molar-refractivity contribution in [1.29, 1.82) is 0 Å². The van der Waals surface area contributed by atoms with E-state index in [-0.39, 0.29) is 0 Å². The lowest BCUT2D eigenvalue weighted by Crippen LogP contribution is -2.30. The van der Waals surface area contributed by atoms with Gasteiger partial charge in [0.15, 0.2) is 0 Å². The van der Waals surface area contributed by atoms with Crippen molar-refractivity contribution in [3.63, 3.8) is 0 Å². The number of carboxylic acid groups (broad SMARTS) is 1. The van der Waals surface area contributed by atoms with Crippen LogP contribution in [0.15, 0.2) is 24.3 Å². The maximum atomic E-state index is 11.3. The van der Waals surface area contributed by atoms with Gasteiger partial charge in [0.25, 0.3) is 0 Å². The van der Waals surface area contributed by atoms with Gasteiger partial charge in [0.2, 0.25) is 0 Å². The Bertz CT molecular complexity index is 385. The van der Waals surface area contributed by atoms with Crippen LogP contribution in [0.3, 0.4) is 0 Å². The lowest BCUT2D eigenvalue weighted by molar-refractivity contribution is -0.139. The van der Waals surface area contributed by atoms with E-state index in [0.717, 1.165) is 30.4 Å². The number of rotatable bonds is 5. The third-order valence-corrected chi connectivity index (χ3v) is 2.97. The van der Waals surface area contributed by atoms with Gasteiger partial charge in [0.05, 0.1) is 0 Å². The van der Waals surface area contributed by atoms with Crippen molar-refractivity contribution < 1.29 is 9.90 Å². The van der Waals surface area contributed by atoms with Crippen LogP contribution in [0.25, 0.3) is 0 Å². The molecule has 1 unspecified atom stereocenters. The average molecular weight is 219 g/mol. The van der Waals surface area contributed by atoms with Crippen LogP contribution >= 0.6 is 0 Å². The molecule has 0 aromatic heterocycles. The lowest BCUT2D eigenvalue weighted by atomic mass is 9.98. The highest BCUT2D eigenvalue weighted by molar-refractivity contribution is 5.76. The number of aryl methyl sites for hydroxylation is 1. The predicted molar refractivity (Wildman–Crippen MR) is 62.4 cm³/mol. The first-order valence-corrected chi connectivity index (χ1v) is 5.79. The number of hydrogen-bond donors (Lipinski definition) is 2. The summed E-state index contributed by atoms with van der Waals surface area (Å²) in [7, 11) is 0. The number of benzene rings is 1. The van der Waals surface area contributed by atoms with Gasteiger partial charge >= 0.3 is 5.97 Å². The van der Waals surface area contributed by atoms with E-state index in [0.29, 0.717) is 6.04 Å². The summed E-state index contributed by atoms with van der Waals surface area (Å²) in [5, 5.41) is 12.4. The maximum Gasteiger partial charge on any atom is 0.325 e. The SMILES string of the molecule is CCc1ccccc1C(NC1CC1)C(=O)O. The van der Waals surface area contributed by atoms with Crippen LogP contribution in [-0.2, 0) is 11.2 Å². The highest BCUT2D eigenvalue weighted by atomic mass is 16.4. The molecular weight excluding hydrogens is 202 g/mol. The monoisotopic (exact) mass is 219 g/mol. The zero-order chi connectivity index (χ0) is 11.5. The molecule has 1 atom stereocenters. The van der Waals surface area contributed by atoms with E-state index in [4.69, 9.17) is 0 Å². The fourth-order valence-electron chi connectivity index (χ4n) is 1.92. The average Bonchev–Trinajstić information content (AvgIpc) is 3.09. The molecule has 3 nitrogen and oxygen atoms in total. The third-order valence-electron chi connectivity index (χ3n) is 2.97. The van der Waals surface area contributed by atoms with Crippen molar-refractivity contribution in [2.45, 2.75) is 38.3 Å². The van der Waals surface area contributed by atoms with E-state index in [2.05, 4.69) is 12.2 Å². The minimum Gasteiger partial charge on any atom is -0.480 e. The molecule has 1 saturated carbocycles. The summed E-state index contributed by atoms with van der Waals surface area (Å²) in [5.41, 5.74) is 2.02. The number of hydrogen-bond acceptors (Lipinski definition) is 2. The quantitative estimate of drug-likeness (QED) is 0.797. The molecule has 0 spiro atoms. The van der Waals surface area contributed by atoms with Crippen molar-refractivity contribution >= 4 is 5.97 Å². The Labute approximate surface area is 95.5 Å². The zero-order valence-corrected chi connectivity index (χ0v) is 9.44. The topological polar surface area (TPSA) is 49.3 Å². The van der Waals surface area contributed by atoms with Gasteiger partial charge in [-0.15, -0.1) is 0 Å². The molecule has 1 fully saturated rings. The molecule has 1 aromatic rings. The summed E-state index contributed by atoms with van der Waals surface area (Å²) in [6, 6.07) is 7.61. The van der Waals surface area contributed by atoms with Gasteiger partial charge < -0.3 is 5.11 Å². The van der Waals surface area contributed by atoms with Gasteiger partial charge in [-0.25, -0.2) is 0 Å². The summed E-state index contributed by atoms with van der Waals surface area (Å²) in [6.45, 7) is 2.05. The van der Waals surface area contributed by atoms with Gasteiger partial charge in [0.1, 0.15) is 6.04 Å². The van der Waals surface area contributed by atoms with Crippen LogP contribution in [0.1, 0.15) is 36.9 Å². The molecule has 0 heterocycles. The van der Waals surface area contributed by atoms with Crippen LogP contribution in [0.2, 0.25) is 0 Å². The van der Waals surface area contributed by atoms with E-state index in [1.807, 2.05) is 24.3 Å². The summed E-state index contributed by atoms with van der Waals surface area (Å²) < 4.78 is 0. The molecular formula is C13H17NO2. The molecule has 0 amide bonds. The summed E-state index contributed by atoms with van der Waals surface area (Å²) in [6.07, 6.45) is 3.06. The molecule has 1 aromatic carbocycles. The molecule has 0 saturated heterocycles. The fraction of sp³-hybridized carbons (Fsp3) is 0.462. The Balaban J connectivity index is 2.25. The maximum absolute atomic E-state index is 11.3. The largest absolute Gasteiger partial charge is 0.480 e. The second kappa shape index (κ2) is 4.66. The van der Waals surface area contributed by atoms with Gasteiger partial charge in [-0.3, -0.25) is 10.1 Å². The first kappa shape index (κ1) is 11.1. The van der Waals surface area contributed by atoms with Crippen LogP contribution < -0.4 is 5.32 Å². The van der Waals surface area contributed by atoms with Crippen molar-refractivity contribution in [2.24, 2.45) is 0 Å². The Hall–Kier alpha value is -1.35. The molecule has 2 N–H and O–H groups in total. The fourth-order valence-corrected chi connectivity index (χ4v) is 1.92. The van der Waals surface area contributed by atoms with Crippen molar-refractivity contribution in [2.75, 3.05) is 0 Å². The number of nitrogens with one attached hydrogen (secondary N) is 1. The molecule has 0 aliphatic heterocycles. The molecule has 1 aliphatic carbocycles. The second-order valence-electron chi connectivity index (χ2n) is 4.26. The minimum absolute atomic E-state index is 0.394.